The summed E-state index contributed by atoms with van der Waals surface area (Å²) in [5.74, 6) is -0.0539. The quantitative estimate of drug-likeness (QED) is 0.868. The van der Waals surface area contributed by atoms with Crippen LogP contribution >= 0.6 is 0 Å². The Kier molecular flexibility index (Phi) is 4.49. The third kappa shape index (κ3) is 3.43. The molecule has 6 heteroatoms. The lowest BCUT2D eigenvalue weighted by molar-refractivity contribution is -0.132. The molecule has 0 bridgehead atoms. The molecular weight excluding hydrogens is 280 g/mol. The van der Waals surface area contributed by atoms with E-state index < -0.39 is 0 Å². The van der Waals surface area contributed by atoms with E-state index in [1.165, 1.54) is 0 Å². The number of rotatable bonds is 5. The summed E-state index contributed by atoms with van der Waals surface area (Å²) in [5, 5.41) is 2.82. The number of nitrogen functional groups attached to an aromatic ring is 1. The zero-order valence-corrected chi connectivity index (χ0v) is 13.8. The van der Waals surface area contributed by atoms with E-state index in [1.807, 2.05) is 11.6 Å². The number of nitrogens with zero attached hydrogens (tertiary/aromatic N) is 2. The maximum Gasteiger partial charge on any atom is 0.268 e. The minimum absolute atomic E-state index is 0.0790. The minimum Gasteiger partial charge on any atom is -0.397 e. The molecule has 1 aliphatic heterocycles. The molecule has 6 nitrogen and oxygen atoms in total. The average molecular weight is 306 g/mol. The molecule has 2 amide bonds. The summed E-state index contributed by atoms with van der Waals surface area (Å²) >= 11 is 0. The van der Waals surface area contributed by atoms with Crippen LogP contribution in [0.25, 0.3) is 0 Å². The largest absolute Gasteiger partial charge is 0.397 e. The molecule has 0 aliphatic carbocycles. The van der Waals surface area contributed by atoms with Gasteiger partial charge in [0.15, 0.2) is 0 Å². The van der Waals surface area contributed by atoms with Crippen molar-refractivity contribution in [2.45, 2.75) is 39.7 Å². The van der Waals surface area contributed by atoms with Gasteiger partial charge in [0, 0.05) is 32.8 Å². The summed E-state index contributed by atoms with van der Waals surface area (Å²) in [6, 6.07) is 1.57. The molecule has 122 valence electrons. The van der Waals surface area contributed by atoms with Crippen LogP contribution in [0.4, 0.5) is 5.69 Å². The third-order valence-corrected chi connectivity index (χ3v) is 4.45. The third-order valence-electron chi connectivity index (χ3n) is 4.45. The van der Waals surface area contributed by atoms with Gasteiger partial charge in [0.25, 0.3) is 5.91 Å². The minimum atomic E-state index is -0.138. The lowest BCUT2D eigenvalue weighted by Gasteiger charge is -2.31. The normalized spacial score (nSPS) is 17.8. The topological polar surface area (TPSA) is 80.4 Å². The number of aromatic nitrogens is 1. The molecule has 22 heavy (non-hydrogen) atoms. The molecule has 2 heterocycles. The number of anilines is 1. The molecule has 1 aromatic rings. The van der Waals surface area contributed by atoms with Gasteiger partial charge in [-0.05, 0) is 17.9 Å². The Morgan fingerprint density at radius 2 is 2.23 bits per heavy atom. The fourth-order valence-corrected chi connectivity index (χ4v) is 2.75. The SMILES string of the molecule is CCC(C)(C)CN(C)C(=O)CC1CNC(=O)c2cc(N)cn21. The summed E-state index contributed by atoms with van der Waals surface area (Å²) in [7, 11) is 1.84. The van der Waals surface area contributed by atoms with Gasteiger partial charge >= 0.3 is 0 Å². The first-order valence-corrected chi connectivity index (χ1v) is 7.73. The zero-order valence-electron chi connectivity index (χ0n) is 13.8. The summed E-state index contributed by atoms with van der Waals surface area (Å²) in [5.41, 5.74) is 6.96. The molecule has 2 rings (SSSR count). The number of amides is 2. The first kappa shape index (κ1) is 16.4. The number of nitrogens with one attached hydrogen (secondary N) is 1. The zero-order chi connectivity index (χ0) is 16.5. The van der Waals surface area contributed by atoms with E-state index in [1.54, 1.807) is 17.2 Å². The second kappa shape index (κ2) is 6.02. The van der Waals surface area contributed by atoms with Crippen LogP contribution in [0, 0.1) is 5.41 Å². The van der Waals surface area contributed by atoms with Gasteiger partial charge < -0.3 is 20.5 Å². The van der Waals surface area contributed by atoms with Crippen molar-refractivity contribution in [3.05, 3.63) is 18.0 Å². The summed E-state index contributed by atoms with van der Waals surface area (Å²) in [6.07, 6.45) is 3.11. The van der Waals surface area contributed by atoms with E-state index in [9.17, 15) is 9.59 Å². The number of fused-ring (bicyclic) bond motifs is 1. The lowest BCUT2D eigenvalue weighted by atomic mass is 9.89. The Morgan fingerprint density at radius 1 is 1.55 bits per heavy atom. The molecule has 1 aromatic heterocycles. The molecule has 1 aliphatic rings. The second-order valence-corrected chi connectivity index (χ2v) is 6.90. The van der Waals surface area contributed by atoms with Gasteiger partial charge in [-0.3, -0.25) is 9.59 Å². The van der Waals surface area contributed by atoms with E-state index >= 15 is 0 Å². The van der Waals surface area contributed by atoms with E-state index in [4.69, 9.17) is 5.73 Å². The number of carbonyl (C=O) groups is 2. The van der Waals surface area contributed by atoms with Crippen LogP contribution in [0.2, 0.25) is 0 Å². The smallest absolute Gasteiger partial charge is 0.268 e. The number of hydrogen-bond acceptors (Lipinski definition) is 3. The molecule has 0 fully saturated rings. The highest BCUT2D eigenvalue weighted by Crippen LogP contribution is 2.25. The summed E-state index contributed by atoms with van der Waals surface area (Å²) in [6.45, 7) is 7.62. The number of hydrogen-bond donors (Lipinski definition) is 2. The molecule has 1 atom stereocenters. The fraction of sp³-hybridized carbons (Fsp3) is 0.625. The van der Waals surface area contributed by atoms with Crippen LogP contribution in [0.15, 0.2) is 12.3 Å². The van der Waals surface area contributed by atoms with E-state index in [-0.39, 0.29) is 23.3 Å². The van der Waals surface area contributed by atoms with Crippen molar-refractivity contribution in [1.29, 1.82) is 0 Å². The van der Waals surface area contributed by atoms with E-state index in [2.05, 4.69) is 26.1 Å². The molecule has 1 unspecified atom stereocenters. The molecule has 0 saturated heterocycles. The summed E-state index contributed by atoms with van der Waals surface area (Å²) < 4.78 is 1.82. The predicted octanol–water partition coefficient (Wildman–Crippen LogP) is 1.64. The Morgan fingerprint density at radius 3 is 2.86 bits per heavy atom. The molecule has 0 saturated carbocycles. The Balaban J connectivity index is 2.06. The first-order valence-electron chi connectivity index (χ1n) is 7.73. The summed E-state index contributed by atoms with van der Waals surface area (Å²) in [4.78, 5) is 26.1. The van der Waals surface area contributed by atoms with Crippen LogP contribution in [0.3, 0.4) is 0 Å². The maximum absolute atomic E-state index is 12.5. The van der Waals surface area contributed by atoms with Crippen molar-refractivity contribution in [2.75, 3.05) is 25.9 Å². The maximum atomic E-state index is 12.5. The van der Waals surface area contributed by atoms with Gasteiger partial charge in [-0.1, -0.05) is 20.8 Å². The highest BCUT2D eigenvalue weighted by molar-refractivity contribution is 5.94. The Labute approximate surface area is 131 Å². The van der Waals surface area contributed by atoms with Crippen LogP contribution in [-0.2, 0) is 4.79 Å². The second-order valence-electron chi connectivity index (χ2n) is 6.90. The average Bonchev–Trinajstić information content (AvgIpc) is 2.84. The van der Waals surface area contributed by atoms with Crippen LogP contribution in [0.5, 0.6) is 0 Å². The van der Waals surface area contributed by atoms with Gasteiger partial charge in [0.1, 0.15) is 5.69 Å². The molecule has 0 radical (unpaired) electrons. The highest BCUT2D eigenvalue weighted by atomic mass is 16.2. The van der Waals surface area contributed by atoms with E-state index in [0.29, 0.717) is 24.3 Å². The van der Waals surface area contributed by atoms with Crippen molar-refractivity contribution in [3.8, 4) is 0 Å². The molecular formula is C16H26N4O2. The van der Waals surface area contributed by atoms with Crippen molar-refractivity contribution in [2.24, 2.45) is 5.41 Å². The molecule has 0 aromatic carbocycles. The van der Waals surface area contributed by atoms with Gasteiger partial charge in [0.05, 0.1) is 11.7 Å². The Hall–Kier alpha value is -1.98. The monoisotopic (exact) mass is 306 g/mol. The van der Waals surface area contributed by atoms with Crippen LogP contribution in [0.1, 0.15) is 50.1 Å². The molecule has 3 N–H and O–H groups in total. The van der Waals surface area contributed by atoms with Gasteiger partial charge in [0.2, 0.25) is 5.91 Å². The van der Waals surface area contributed by atoms with Gasteiger partial charge in [-0.25, -0.2) is 0 Å². The Bertz CT molecular complexity index is 577. The van der Waals surface area contributed by atoms with Crippen LogP contribution < -0.4 is 11.1 Å². The first-order chi connectivity index (χ1) is 10.2. The highest BCUT2D eigenvalue weighted by Gasteiger charge is 2.29. The van der Waals surface area contributed by atoms with Crippen molar-refractivity contribution in [1.82, 2.24) is 14.8 Å². The lowest BCUT2D eigenvalue weighted by Crippen LogP contribution is -2.42. The molecule has 0 spiro atoms. The standard InChI is InChI=1S/C16H26N4O2/c1-5-16(2,3)10-19(4)14(21)7-12-8-18-15(22)13-6-11(17)9-20(12)13/h6,9,12H,5,7-8,10,17H2,1-4H3,(H,18,22). The number of carbonyl (C=O) groups excluding carboxylic acids is 2. The number of nitrogens with two attached hydrogens (primary N) is 1. The fourth-order valence-electron chi connectivity index (χ4n) is 2.75. The van der Waals surface area contributed by atoms with Crippen molar-refractivity contribution < 1.29 is 9.59 Å². The van der Waals surface area contributed by atoms with Crippen LogP contribution in [-0.4, -0.2) is 41.4 Å². The van der Waals surface area contributed by atoms with Gasteiger partial charge in [-0.2, -0.15) is 0 Å². The van der Waals surface area contributed by atoms with Gasteiger partial charge in [-0.15, -0.1) is 0 Å². The predicted molar refractivity (Wildman–Crippen MR) is 86.5 cm³/mol. The van der Waals surface area contributed by atoms with Crippen molar-refractivity contribution in [3.63, 3.8) is 0 Å². The van der Waals surface area contributed by atoms with E-state index in [0.717, 1.165) is 13.0 Å². The van der Waals surface area contributed by atoms with Crippen molar-refractivity contribution >= 4 is 17.5 Å².